The predicted molar refractivity (Wildman–Crippen MR) is 236 cm³/mol. The van der Waals surface area contributed by atoms with Gasteiger partial charge in [0.05, 0.1) is 11.6 Å². The number of hydrogen-bond donors (Lipinski definition) is 0. The zero-order chi connectivity index (χ0) is 39.5. The SMILES string of the molecule is N#Cc1ccccc1-c1ccc(-c2cccc(-c3nc4ccccc4o3)c2)c(-c2ccccc2-c2ccccc2-c2nc(-c3ccccc3)nc(-c3ccccc3)n2)c1. The maximum Gasteiger partial charge on any atom is 0.227 e. The number of nitriles is 1. The lowest BCUT2D eigenvalue weighted by Crippen LogP contribution is -2.01. The summed E-state index contributed by atoms with van der Waals surface area (Å²) < 4.78 is 6.21. The summed E-state index contributed by atoms with van der Waals surface area (Å²) in [6, 6.07) is 69.5. The average Bonchev–Trinajstić information content (AvgIpc) is 3.77. The number of fused-ring (bicyclic) bond motifs is 1. The Labute approximate surface area is 341 Å². The van der Waals surface area contributed by atoms with E-state index < -0.39 is 0 Å². The Morgan fingerprint density at radius 2 is 0.847 bits per heavy atom. The highest BCUT2D eigenvalue weighted by molar-refractivity contribution is 5.97. The number of aromatic nitrogens is 4. The fourth-order valence-electron chi connectivity index (χ4n) is 7.63. The standard InChI is InChI=1S/C53H33N5O/c54-34-40-20-7-8-23-41(40)38-30-31-42(37-21-15-22-39(32-37)53-55-48-28-13-14-29-49(48)59-53)47(33-38)45-26-10-9-24-43(45)44-25-11-12-27-46(44)52-57-50(35-16-3-1-4-17-35)56-51(58-52)36-18-5-2-6-19-36/h1-33H. The molecule has 0 atom stereocenters. The van der Waals surface area contributed by atoms with Crippen molar-refractivity contribution in [2.45, 2.75) is 0 Å². The fraction of sp³-hybridized carbons (Fsp3) is 0. The first-order valence-corrected chi connectivity index (χ1v) is 19.4. The molecule has 0 radical (unpaired) electrons. The highest BCUT2D eigenvalue weighted by Gasteiger charge is 2.20. The van der Waals surface area contributed by atoms with Crippen molar-refractivity contribution in [2.24, 2.45) is 0 Å². The Hall–Kier alpha value is -8.27. The van der Waals surface area contributed by atoms with Crippen LogP contribution >= 0.6 is 0 Å². The van der Waals surface area contributed by atoms with Gasteiger partial charge in [-0.2, -0.15) is 5.26 Å². The van der Waals surface area contributed by atoms with Gasteiger partial charge in [0.15, 0.2) is 23.1 Å². The van der Waals surface area contributed by atoms with Gasteiger partial charge in [-0.1, -0.05) is 164 Å². The van der Waals surface area contributed by atoms with Crippen molar-refractivity contribution in [2.75, 3.05) is 0 Å². The lowest BCUT2D eigenvalue weighted by atomic mass is 9.85. The molecule has 276 valence electrons. The van der Waals surface area contributed by atoms with Crippen molar-refractivity contribution in [3.8, 4) is 96.2 Å². The molecule has 0 bridgehead atoms. The number of benzene rings is 8. The van der Waals surface area contributed by atoms with Gasteiger partial charge in [-0.25, -0.2) is 19.9 Å². The van der Waals surface area contributed by atoms with Gasteiger partial charge in [-0.3, -0.25) is 0 Å². The molecule has 0 spiro atoms. The van der Waals surface area contributed by atoms with Crippen LogP contribution < -0.4 is 0 Å². The third-order valence-electron chi connectivity index (χ3n) is 10.5. The van der Waals surface area contributed by atoms with Crippen LogP contribution in [0.25, 0.3) is 101 Å². The molecule has 0 amide bonds. The van der Waals surface area contributed by atoms with E-state index in [2.05, 4.69) is 78.9 Å². The van der Waals surface area contributed by atoms with Gasteiger partial charge in [0.25, 0.3) is 0 Å². The van der Waals surface area contributed by atoms with Gasteiger partial charge in [0, 0.05) is 22.3 Å². The molecule has 0 aliphatic rings. The minimum atomic E-state index is 0.561. The zero-order valence-corrected chi connectivity index (χ0v) is 31.7. The first-order chi connectivity index (χ1) is 29.2. The van der Waals surface area contributed by atoms with Crippen LogP contribution in [0, 0.1) is 11.3 Å². The minimum absolute atomic E-state index is 0.561. The smallest absolute Gasteiger partial charge is 0.227 e. The van der Waals surface area contributed by atoms with Crippen molar-refractivity contribution in [3.63, 3.8) is 0 Å². The van der Waals surface area contributed by atoms with E-state index >= 15 is 0 Å². The summed E-state index contributed by atoms with van der Waals surface area (Å²) >= 11 is 0. The lowest BCUT2D eigenvalue weighted by Gasteiger charge is -2.19. The summed E-state index contributed by atoms with van der Waals surface area (Å²) in [4.78, 5) is 20.0. The Morgan fingerprint density at radius 3 is 1.53 bits per heavy atom. The third-order valence-corrected chi connectivity index (χ3v) is 10.5. The van der Waals surface area contributed by atoms with Crippen molar-refractivity contribution >= 4 is 11.1 Å². The average molecular weight is 756 g/mol. The van der Waals surface area contributed by atoms with Crippen molar-refractivity contribution in [1.82, 2.24) is 19.9 Å². The van der Waals surface area contributed by atoms with Gasteiger partial charge in [0.1, 0.15) is 5.52 Å². The van der Waals surface area contributed by atoms with E-state index in [1.807, 2.05) is 127 Å². The zero-order valence-electron chi connectivity index (χ0n) is 31.7. The van der Waals surface area contributed by atoms with E-state index in [1.54, 1.807) is 0 Å². The first-order valence-electron chi connectivity index (χ1n) is 19.4. The van der Waals surface area contributed by atoms with Crippen LogP contribution in [0.1, 0.15) is 5.56 Å². The molecule has 10 rings (SSSR count). The van der Waals surface area contributed by atoms with Gasteiger partial charge in [-0.05, 0) is 80.9 Å². The molecule has 6 nitrogen and oxygen atoms in total. The van der Waals surface area contributed by atoms with Gasteiger partial charge in [0.2, 0.25) is 5.89 Å². The van der Waals surface area contributed by atoms with Crippen LogP contribution in [0.5, 0.6) is 0 Å². The number of rotatable bonds is 8. The molecule has 10 aromatic rings. The topological polar surface area (TPSA) is 88.5 Å². The molecule has 8 aromatic carbocycles. The molecular weight excluding hydrogens is 723 g/mol. The summed E-state index contributed by atoms with van der Waals surface area (Å²) in [6.07, 6.45) is 0. The van der Waals surface area contributed by atoms with Crippen LogP contribution in [-0.2, 0) is 0 Å². The van der Waals surface area contributed by atoms with Crippen LogP contribution in [0.4, 0.5) is 0 Å². The maximum atomic E-state index is 10.1. The summed E-state index contributed by atoms with van der Waals surface area (Å²) in [5, 5.41) is 10.1. The molecule has 6 heteroatoms. The Kier molecular flexibility index (Phi) is 9.14. The van der Waals surface area contributed by atoms with Crippen molar-refractivity contribution < 1.29 is 4.42 Å². The molecule has 0 unspecified atom stereocenters. The number of nitrogens with zero attached hydrogens (tertiary/aromatic N) is 5. The number of hydrogen-bond acceptors (Lipinski definition) is 6. The molecule has 0 N–H and O–H groups in total. The van der Waals surface area contributed by atoms with Gasteiger partial charge >= 0.3 is 0 Å². The largest absolute Gasteiger partial charge is 0.436 e. The lowest BCUT2D eigenvalue weighted by molar-refractivity contribution is 0.620. The molecule has 59 heavy (non-hydrogen) atoms. The van der Waals surface area contributed by atoms with E-state index in [0.717, 1.165) is 77.9 Å². The van der Waals surface area contributed by atoms with E-state index in [1.165, 1.54) is 0 Å². The molecule has 0 saturated heterocycles. The highest BCUT2D eigenvalue weighted by Crippen LogP contribution is 2.44. The van der Waals surface area contributed by atoms with Crippen molar-refractivity contribution in [3.05, 3.63) is 206 Å². The number of oxazole rings is 1. The molecule has 2 aromatic heterocycles. The molecule has 0 aliphatic carbocycles. The fourth-order valence-corrected chi connectivity index (χ4v) is 7.63. The van der Waals surface area contributed by atoms with Crippen LogP contribution in [0.15, 0.2) is 205 Å². The molecular formula is C53H33N5O. The summed E-state index contributed by atoms with van der Waals surface area (Å²) in [6.45, 7) is 0. The quantitative estimate of drug-likeness (QED) is 0.153. The Bertz CT molecular complexity index is 3090. The van der Waals surface area contributed by atoms with E-state index in [4.69, 9.17) is 24.4 Å². The molecule has 0 aliphatic heterocycles. The van der Waals surface area contributed by atoms with Gasteiger partial charge < -0.3 is 4.42 Å². The molecule has 2 heterocycles. The number of para-hydroxylation sites is 2. The predicted octanol–water partition coefficient (Wildman–Crippen LogP) is 13.2. The van der Waals surface area contributed by atoms with Gasteiger partial charge in [-0.15, -0.1) is 0 Å². The second-order valence-electron chi connectivity index (χ2n) is 14.1. The van der Waals surface area contributed by atoms with Crippen LogP contribution in [0.3, 0.4) is 0 Å². The van der Waals surface area contributed by atoms with Crippen LogP contribution in [-0.4, -0.2) is 19.9 Å². The second kappa shape index (κ2) is 15.3. The molecule has 0 fully saturated rings. The maximum absolute atomic E-state index is 10.1. The van der Waals surface area contributed by atoms with E-state index in [9.17, 15) is 5.26 Å². The summed E-state index contributed by atoms with van der Waals surface area (Å²) in [5.41, 5.74) is 13.6. The monoisotopic (exact) mass is 755 g/mol. The van der Waals surface area contributed by atoms with E-state index in [0.29, 0.717) is 28.9 Å². The first kappa shape index (κ1) is 35.2. The minimum Gasteiger partial charge on any atom is -0.436 e. The summed E-state index contributed by atoms with van der Waals surface area (Å²) in [7, 11) is 0. The van der Waals surface area contributed by atoms with E-state index in [-0.39, 0.29) is 0 Å². The Morgan fingerprint density at radius 1 is 0.339 bits per heavy atom. The van der Waals surface area contributed by atoms with Crippen LogP contribution in [0.2, 0.25) is 0 Å². The normalized spacial score (nSPS) is 11.0. The third kappa shape index (κ3) is 6.84. The second-order valence-corrected chi connectivity index (χ2v) is 14.1. The summed E-state index contributed by atoms with van der Waals surface area (Å²) in [5.74, 6) is 2.33. The van der Waals surface area contributed by atoms with Crippen molar-refractivity contribution in [1.29, 1.82) is 5.26 Å². The highest BCUT2D eigenvalue weighted by atomic mass is 16.3. The Balaban J connectivity index is 1.17. The molecule has 0 saturated carbocycles.